The van der Waals surface area contributed by atoms with E-state index in [1.807, 2.05) is 0 Å². The van der Waals surface area contributed by atoms with E-state index in [9.17, 15) is 14.9 Å². The predicted molar refractivity (Wildman–Crippen MR) is 78.3 cm³/mol. The first-order valence-electron chi connectivity index (χ1n) is 6.96. The van der Waals surface area contributed by atoms with Gasteiger partial charge in [-0.3, -0.25) is 14.9 Å². The van der Waals surface area contributed by atoms with E-state index in [-0.39, 0.29) is 17.0 Å². The highest BCUT2D eigenvalue weighted by Gasteiger charge is 2.25. The maximum Gasteiger partial charge on any atom is 0.280 e. The first-order valence-corrected chi connectivity index (χ1v) is 6.96. The van der Waals surface area contributed by atoms with Gasteiger partial charge in [0.1, 0.15) is 0 Å². The summed E-state index contributed by atoms with van der Waals surface area (Å²) in [6, 6.07) is 5.25. The predicted octanol–water partition coefficient (Wildman–Crippen LogP) is 3.42. The van der Waals surface area contributed by atoms with Crippen molar-refractivity contribution in [2.45, 2.75) is 39.7 Å². The van der Waals surface area contributed by atoms with Crippen LogP contribution in [0.3, 0.4) is 0 Å². The zero-order chi connectivity index (χ0) is 14.9. The highest BCUT2D eigenvalue weighted by molar-refractivity contribution is 5.99. The number of rotatable bonds is 3. The van der Waals surface area contributed by atoms with Gasteiger partial charge in [-0.05, 0) is 44.7 Å². The van der Waals surface area contributed by atoms with E-state index >= 15 is 0 Å². The van der Waals surface area contributed by atoms with E-state index in [2.05, 4.69) is 18.7 Å². The number of Topliss-reactive ketones (excluding diaryl/α,β-unsaturated/α-hetero) is 1. The molecule has 0 saturated carbocycles. The van der Waals surface area contributed by atoms with Gasteiger partial charge in [-0.25, -0.2) is 0 Å². The van der Waals surface area contributed by atoms with Crippen LogP contribution < -0.4 is 4.90 Å². The lowest BCUT2D eigenvalue weighted by atomic mass is 9.94. The Balaban J connectivity index is 2.40. The number of nitro groups is 1. The number of anilines is 1. The van der Waals surface area contributed by atoms with Gasteiger partial charge in [-0.15, -0.1) is 0 Å². The Morgan fingerprint density at radius 2 is 2.05 bits per heavy atom. The summed E-state index contributed by atoms with van der Waals surface area (Å²) in [5.74, 6) is 0.332. The minimum absolute atomic E-state index is 0.112. The highest BCUT2D eigenvalue weighted by Crippen LogP contribution is 2.31. The zero-order valence-corrected chi connectivity index (χ0v) is 12.1. The van der Waals surface area contributed by atoms with E-state index in [0.717, 1.165) is 18.7 Å². The SMILES string of the molecule is CC(=O)c1cc(N2CC(C)CCC2C)ccc1[N+](=O)[O-]. The third-order valence-corrected chi connectivity index (χ3v) is 4.01. The second-order valence-electron chi connectivity index (χ2n) is 5.70. The van der Waals surface area contributed by atoms with Crippen LogP contribution in [0.4, 0.5) is 11.4 Å². The Morgan fingerprint density at radius 1 is 1.35 bits per heavy atom. The average molecular weight is 276 g/mol. The normalized spacial score (nSPS) is 22.6. The van der Waals surface area contributed by atoms with E-state index < -0.39 is 4.92 Å². The first kappa shape index (κ1) is 14.5. The van der Waals surface area contributed by atoms with E-state index in [4.69, 9.17) is 0 Å². The van der Waals surface area contributed by atoms with Crippen LogP contribution >= 0.6 is 0 Å². The molecule has 0 radical (unpaired) electrons. The zero-order valence-electron chi connectivity index (χ0n) is 12.1. The molecule has 20 heavy (non-hydrogen) atoms. The number of benzene rings is 1. The Bertz CT molecular complexity index is 542. The van der Waals surface area contributed by atoms with Crippen LogP contribution in [0.5, 0.6) is 0 Å². The molecule has 1 fully saturated rings. The summed E-state index contributed by atoms with van der Waals surface area (Å²) in [6.07, 6.45) is 2.30. The number of nitro benzene ring substituents is 1. The third-order valence-electron chi connectivity index (χ3n) is 4.01. The van der Waals surface area contributed by atoms with Crippen molar-refractivity contribution in [2.24, 2.45) is 5.92 Å². The van der Waals surface area contributed by atoms with Crippen LogP contribution in [0.15, 0.2) is 18.2 Å². The summed E-state index contributed by atoms with van der Waals surface area (Å²) in [7, 11) is 0. The summed E-state index contributed by atoms with van der Waals surface area (Å²) in [6.45, 7) is 6.65. The Morgan fingerprint density at radius 3 is 2.65 bits per heavy atom. The van der Waals surface area contributed by atoms with Gasteiger partial charge >= 0.3 is 0 Å². The maximum absolute atomic E-state index is 11.6. The lowest BCUT2D eigenvalue weighted by Gasteiger charge is -2.38. The number of hydrogen-bond donors (Lipinski definition) is 0. The summed E-state index contributed by atoms with van der Waals surface area (Å²) in [5.41, 5.74) is 0.983. The molecule has 0 bridgehead atoms. The van der Waals surface area contributed by atoms with Crippen molar-refractivity contribution in [1.82, 2.24) is 0 Å². The first-order chi connectivity index (χ1) is 9.40. The summed E-state index contributed by atoms with van der Waals surface area (Å²) < 4.78 is 0. The van der Waals surface area contributed by atoms with Crippen LogP contribution in [-0.2, 0) is 0 Å². The molecule has 0 spiro atoms. The van der Waals surface area contributed by atoms with Crippen LogP contribution in [0.2, 0.25) is 0 Å². The molecular weight excluding hydrogens is 256 g/mol. The number of nitrogens with zero attached hydrogens (tertiary/aromatic N) is 2. The monoisotopic (exact) mass is 276 g/mol. The van der Waals surface area contributed by atoms with Crippen LogP contribution in [0.25, 0.3) is 0 Å². The lowest BCUT2D eigenvalue weighted by Crippen LogP contribution is -2.41. The van der Waals surface area contributed by atoms with Gasteiger partial charge in [0, 0.05) is 24.3 Å². The van der Waals surface area contributed by atoms with Crippen molar-refractivity contribution >= 4 is 17.2 Å². The second kappa shape index (κ2) is 5.61. The Kier molecular flexibility index (Phi) is 4.06. The number of carbonyl (C=O) groups is 1. The summed E-state index contributed by atoms with van der Waals surface area (Å²) in [5, 5.41) is 11.0. The molecule has 1 aliphatic rings. The van der Waals surface area contributed by atoms with E-state index in [1.165, 1.54) is 19.4 Å². The average Bonchev–Trinajstić information content (AvgIpc) is 2.40. The standard InChI is InChI=1S/C15H20N2O3/c1-10-4-5-11(2)16(9-10)13-6-7-15(17(19)20)14(8-13)12(3)18/h6-8,10-11H,4-5,9H2,1-3H3. The van der Waals surface area contributed by atoms with Crippen molar-refractivity contribution in [2.75, 3.05) is 11.4 Å². The van der Waals surface area contributed by atoms with E-state index in [1.54, 1.807) is 12.1 Å². The fourth-order valence-corrected chi connectivity index (χ4v) is 2.79. The molecule has 108 valence electrons. The van der Waals surface area contributed by atoms with Gasteiger partial charge in [0.15, 0.2) is 5.78 Å². The minimum Gasteiger partial charge on any atom is -0.369 e. The molecule has 1 saturated heterocycles. The molecule has 5 heteroatoms. The molecule has 2 unspecified atom stereocenters. The van der Waals surface area contributed by atoms with Crippen molar-refractivity contribution in [3.05, 3.63) is 33.9 Å². The number of ketones is 1. The minimum atomic E-state index is -0.497. The quantitative estimate of drug-likeness (QED) is 0.482. The maximum atomic E-state index is 11.6. The lowest BCUT2D eigenvalue weighted by molar-refractivity contribution is -0.385. The van der Waals surface area contributed by atoms with Crippen molar-refractivity contribution < 1.29 is 9.72 Å². The van der Waals surface area contributed by atoms with Crippen molar-refractivity contribution in [1.29, 1.82) is 0 Å². The fourth-order valence-electron chi connectivity index (χ4n) is 2.79. The van der Waals surface area contributed by atoms with Crippen LogP contribution in [-0.4, -0.2) is 23.3 Å². The Hall–Kier alpha value is -1.91. The summed E-state index contributed by atoms with van der Waals surface area (Å²) in [4.78, 5) is 24.3. The number of hydrogen-bond acceptors (Lipinski definition) is 4. The van der Waals surface area contributed by atoms with E-state index in [0.29, 0.717) is 12.0 Å². The molecular formula is C15H20N2O3. The van der Waals surface area contributed by atoms with Gasteiger partial charge in [0.2, 0.25) is 0 Å². The van der Waals surface area contributed by atoms with Crippen LogP contribution in [0, 0.1) is 16.0 Å². The smallest absolute Gasteiger partial charge is 0.280 e. The molecule has 0 amide bonds. The molecule has 1 aromatic carbocycles. The molecule has 5 nitrogen and oxygen atoms in total. The summed E-state index contributed by atoms with van der Waals surface area (Å²) >= 11 is 0. The molecule has 1 heterocycles. The number of carbonyl (C=O) groups excluding carboxylic acids is 1. The van der Waals surface area contributed by atoms with Gasteiger partial charge < -0.3 is 4.90 Å². The van der Waals surface area contributed by atoms with Gasteiger partial charge in [0.25, 0.3) is 5.69 Å². The second-order valence-corrected chi connectivity index (χ2v) is 5.70. The Labute approximate surface area is 118 Å². The van der Waals surface area contributed by atoms with Crippen molar-refractivity contribution in [3.63, 3.8) is 0 Å². The van der Waals surface area contributed by atoms with Crippen LogP contribution in [0.1, 0.15) is 44.0 Å². The number of piperidine rings is 1. The molecule has 1 aliphatic heterocycles. The molecule has 2 atom stereocenters. The molecule has 0 aliphatic carbocycles. The third kappa shape index (κ3) is 2.81. The van der Waals surface area contributed by atoms with Gasteiger partial charge in [-0.1, -0.05) is 6.92 Å². The molecule has 1 aromatic rings. The fraction of sp³-hybridized carbons (Fsp3) is 0.533. The molecule has 0 aromatic heterocycles. The highest BCUT2D eigenvalue weighted by atomic mass is 16.6. The topological polar surface area (TPSA) is 63.5 Å². The largest absolute Gasteiger partial charge is 0.369 e. The van der Waals surface area contributed by atoms with Gasteiger partial charge in [0.05, 0.1) is 10.5 Å². The van der Waals surface area contributed by atoms with Gasteiger partial charge in [-0.2, -0.15) is 0 Å². The molecule has 0 N–H and O–H groups in total. The van der Waals surface area contributed by atoms with Crippen molar-refractivity contribution in [3.8, 4) is 0 Å². The molecule has 2 rings (SSSR count).